The molecule has 0 saturated carbocycles. The van der Waals surface area contributed by atoms with Crippen LogP contribution in [0.15, 0.2) is 17.5 Å². The van der Waals surface area contributed by atoms with Crippen molar-refractivity contribution in [1.82, 2.24) is 0 Å². The van der Waals surface area contributed by atoms with Gasteiger partial charge in [-0.05, 0) is 18.6 Å². The van der Waals surface area contributed by atoms with Crippen LogP contribution in [-0.4, -0.2) is 10.6 Å². The van der Waals surface area contributed by atoms with Crippen LogP contribution in [-0.2, 0) is 0 Å². The Morgan fingerprint density at radius 2 is 1.65 bits per heavy atom. The summed E-state index contributed by atoms with van der Waals surface area (Å²) in [5, 5.41) is 0. The second kappa shape index (κ2) is 3.46. The van der Waals surface area contributed by atoms with Crippen LogP contribution in [0.4, 0.5) is 11.4 Å². The predicted octanol–water partition coefficient (Wildman–Crippen LogP) is 0.203. The van der Waals surface area contributed by atoms with Crippen LogP contribution >= 0.6 is 12.2 Å². The summed E-state index contributed by atoms with van der Waals surface area (Å²) >= 11 is 5.15. The summed E-state index contributed by atoms with van der Waals surface area (Å²) in [7, 11) is 0. The largest absolute Gasteiger partial charge is 0.398 e. The van der Waals surface area contributed by atoms with Crippen molar-refractivity contribution >= 4 is 34.2 Å². The smallest absolute Gasteiger partial charge is 0.213 e. The van der Waals surface area contributed by atoms with Gasteiger partial charge < -0.3 is 22.9 Å². The Bertz CT molecular complexity index is 604. The van der Waals surface area contributed by atoms with E-state index < -0.39 is 5.78 Å². The van der Waals surface area contributed by atoms with Crippen LogP contribution in [0.3, 0.4) is 0 Å². The Morgan fingerprint density at radius 3 is 2.24 bits per heavy atom. The third-order valence-electron chi connectivity index (χ3n) is 2.84. The number of Topliss-reactive ketones (excluding diaryl/α,β-unsaturated/α-hetero) is 1. The molecule has 0 atom stereocenters. The number of allylic oxidation sites excluding steroid dienone is 2. The molecule has 0 radical (unpaired) electrons. The molecule has 6 heteroatoms. The number of rotatable bonds is 0. The first kappa shape index (κ1) is 11.4. The number of hydrogen-bond acceptors (Lipinski definition) is 6. The summed E-state index contributed by atoms with van der Waals surface area (Å²) in [6, 6.07) is 1.67. The molecular weight excluding hydrogens is 236 g/mol. The zero-order chi connectivity index (χ0) is 12.9. The first-order valence-electron chi connectivity index (χ1n) is 4.89. The van der Waals surface area contributed by atoms with Crippen molar-refractivity contribution in [2.75, 3.05) is 11.5 Å². The van der Waals surface area contributed by atoms with Gasteiger partial charge in [-0.3, -0.25) is 4.79 Å². The average Bonchev–Trinajstić information content (AvgIpc) is 2.28. The fraction of sp³-hybridized carbons (Fsp3) is 0.0909. The van der Waals surface area contributed by atoms with Crippen LogP contribution in [0.25, 0.3) is 0 Å². The molecule has 2 rings (SSSR count). The van der Waals surface area contributed by atoms with E-state index in [-0.39, 0.29) is 21.8 Å². The molecule has 1 aromatic rings. The van der Waals surface area contributed by atoms with Crippen molar-refractivity contribution in [2.45, 2.75) is 6.92 Å². The highest BCUT2D eigenvalue weighted by molar-refractivity contribution is 7.81. The molecule has 0 saturated heterocycles. The fourth-order valence-electron chi connectivity index (χ4n) is 1.85. The normalized spacial score (nSPS) is 15.1. The van der Waals surface area contributed by atoms with Gasteiger partial charge in [-0.1, -0.05) is 12.2 Å². The second-order valence-corrected chi connectivity index (χ2v) is 4.34. The fourth-order valence-corrected chi connectivity index (χ4v) is 2.18. The van der Waals surface area contributed by atoms with E-state index in [4.69, 9.17) is 35.2 Å². The van der Waals surface area contributed by atoms with Gasteiger partial charge in [0, 0.05) is 16.9 Å². The highest BCUT2D eigenvalue weighted by Gasteiger charge is 2.31. The summed E-state index contributed by atoms with van der Waals surface area (Å²) in [4.78, 5) is 12.3. The van der Waals surface area contributed by atoms with Crippen molar-refractivity contribution in [3.8, 4) is 0 Å². The molecule has 88 valence electrons. The van der Waals surface area contributed by atoms with Gasteiger partial charge >= 0.3 is 0 Å². The zero-order valence-electron chi connectivity index (χ0n) is 9.20. The number of benzene rings is 1. The van der Waals surface area contributed by atoms with Gasteiger partial charge in [-0.15, -0.1) is 0 Å². The number of carbonyl (C=O) groups is 1. The number of hydrogen-bond donors (Lipinski definition) is 4. The minimum atomic E-state index is -0.418. The van der Waals surface area contributed by atoms with Gasteiger partial charge in [0.25, 0.3) is 0 Å². The Balaban J connectivity index is 2.90. The number of anilines is 2. The lowest BCUT2D eigenvalue weighted by molar-refractivity contribution is 0.103. The van der Waals surface area contributed by atoms with Crippen molar-refractivity contribution in [1.29, 1.82) is 0 Å². The van der Waals surface area contributed by atoms with Gasteiger partial charge in [0.15, 0.2) is 0 Å². The maximum absolute atomic E-state index is 12.0. The van der Waals surface area contributed by atoms with E-state index in [1.165, 1.54) is 0 Å². The summed E-state index contributed by atoms with van der Waals surface area (Å²) < 4.78 is 0. The molecule has 17 heavy (non-hydrogen) atoms. The first-order valence-corrected chi connectivity index (χ1v) is 5.30. The van der Waals surface area contributed by atoms with E-state index in [1.54, 1.807) is 13.0 Å². The maximum atomic E-state index is 12.0. The minimum Gasteiger partial charge on any atom is -0.398 e. The van der Waals surface area contributed by atoms with Crippen LogP contribution in [0.5, 0.6) is 0 Å². The molecule has 0 aromatic heterocycles. The molecule has 0 aliphatic heterocycles. The van der Waals surface area contributed by atoms with Gasteiger partial charge in [-0.25, -0.2) is 0 Å². The Kier molecular flexibility index (Phi) is 2.32. The standard InChI is InChI=1S/C11H12N4OS/c1-3-2-4(12)5-6(7(3)13)10(16)8(14)9(15)11(5)17/h2H,12-15H2,1H3. The Hall–Kier alpha value is -2.08. The van der Waals surface area contributed by atoms with E-state index in [0.29, 0.717) is 22.5 Å². The maximum Gasteiger partial charge on any atom is 0.213 e. The third kappa shape index (κ3) is 1.38. The Labute approximate surface area is 103 Å². The lowest BCUT2D eigenvalue weighted by Gasteiger charge is -2.22. The number of carbonyl (C=O) groups excluding carboxylic acids is 1. The SMILES string of the molecule is Cc1cc(N)c2c(c1N)C(=O)C(N)=C(N)C2=S. The molecule has 1 aromatic carbocycles. The van der Waals surface area contributed by atoms with E-state index in [9.17, 15) is 4.79 Å². The van der Waals surface area contributed by atoms with Crippen LogP contribution in [0.2, 0.25) is 0 Å². The van der Waals surface area contributed by atoms with E-state index in [2.05, 4.69) is 0 Å². The minimum absolute atomic E-state index is 0.0702. The topological polar surface area (TPSA) is 121 Å². The number of nitrogen functional groups attached to an aromatic ring is 2. The molecule has 8 N–H and O–H groups in total. The van der Waals surface area contributed by atoms with Gasteiger partial charge in [0.05, 0.1) is 16.1 Å². The van der Waals surface area contributed by atoms with E-state index in [0.717, 1.165) is 0 Å². The zero-order valence-corrected chi connectivity index (χ0v) is 10.0. The van der Waals surface area contributed by atoms with Crippen molar-refractivity contribution in [3.05, 3.63) is 34.2 Å². The lowest BCUT2D eigenvalue weighted by Crippen LogP contribution is -2.31. The summed E-state index contributed by atoms with van der Waals surface area (Å²) in [6.45, 7) is 1.76. The van der Waals surface area contributed by atoms with E-state index >= 15 is 0 Å². The van der Waals surface area contributed by atoms with Gasteiger partial charge in [0.1, 0.15) is 5.70 Å². The quantitative estimate of drug-likeness (QED) is 0.384. The molecular formula is C11H12N4OS. The number of fused-ring (bicyclic) bond motifs is 1. The van der Waals surface area contributed by atoms with Gasteiger partial charge in [-0.2, -0.15) is 0 Å². The third-order valence-corrected chi connectivity index (χ3v) is 3.26. The first-order chi connectivity index (χ1) is 7.86. The molecule has 0 spiro atoms. The van der Waals surface area contributed by atoms with Gasteiger partial charge in [0.2, 0.25) is 5.78 Å². The summed E-state index contributed by atoms with van der Waals surface area (Å²) in [5.41, 5.74) is 25.2. The van der Waals surface area contributed by atoms with Crippen LogP contribution in [0, 0.1) is 6.92 Å². The molecule has 0 fully saturated rings. The van der Waals surface area contributed by atoms with Crippen LogP contribution in [0.1, 0.15) is 21.5 Å². The van der Waals surface area contributed by atoms with Crippen molar-refractivity contribution in [3.63, 3.8) is 0 Å². The van der Waals surface area contributed by atoms with E-state index in [1.807, 2.05) is 0 Å². The number of ketones is 1. The molecule has 0 heterocycles. The predicted molar refractivity (Wildman–Crippen MR) is 71.4 cm³/mol. The summed E-state index contributed by atoms with van der Waals surface area (Å²) in [6.07, 6.45) is 0. The number of thiocarbonyl (C=S) groups is 1. The molecule has 0 unspecified atom stereocenters. The van der Waals surface area contributed by atoms with Crippen molar-refractivity contribution in [2.24, 2.45) is 11.5 Å². The molecule has 5 nitrogen and oxygen atoms in total. The average molecular weight is 248 g/mol. The molecule has 0 bridgehead atoms. The molecule has 1 aliphatic rings. The Morgan fingerprint density at radius 1 is 1.06 bits per heavy atom. The number of nitrogens with two attached hydrogens (primary N) is 4. The van der Waals surface area contributed by atoms with Crippen molar-refractivity contribution < 1.29 is 4.79 Å². The lowest BCUT2D eigenvalue weighted by atomic mass is 9.87. The molecule has 0 amide bonds. The molecule has 1 aliphatic carbocycles. The highest BCUT2D eigenvalue weighted by Crippen LogP contribution is 2.33. The summed E-state index contributed by atoms with van der Waals surface area (Å²) in [5.74, 6) is -0.418. The van der Waals surface area contributed by atoms with Crippen LogP contribution < -0.4 is 22.9 Å². The second-order valence-electron chi connectivity index (χ2n) is 3.93. The number of aryl methyl sites for hydroxylation is 1. The monoisotopic (exact) mass is 248 g/mol. The highest BCUT2D eigenvalue weighted by atomic mass is 32.1.